The smallest absolute Gasteiger partial charge is 0.238 e. The first kappa shape index (κ1) is 12.4. The second-order valence-electron chi connectivity index (χ2n) is 5.40. The van der Waals surface area contributed by atoms with Gasteiger partial charge in [-0.2, -0.15) is 0 Å². The largest absolute Gasteiger partial charge is 0.338 e. The molecule has 0 radical (unpaired) electrons. The molecular formula is C14H19N3O2. The first-order chi connectivity index (χ1) is 9.20. The number of fused-ring (bicyclic) bond motifs is 1. The molecule has 0 aromatic carbocycles. The number of aromatic nitrogens is 1. The summed E-state index contributed by atoms with van der Waals surface area (Å²) in [4.78, 5) is 14.1. The van der Waals surface area contributed by atoms with Crippen LogP contribution >= 0.6 is 0 Å². The minimum absolute atomic E-state index is 0.0497. The molecule has 0 saturated carbocycles. The highest BCUT2D eigenvalue weighted by Crippen LogP contribution is 2.33. The van der Waals surface area contributed by atoms with Gasteiger partial charge in [0.1, 0.15) is 0 Å². The fourth-order valence-electron chi connectivity index (χ4n) is 2.88. The van der Waals surface area contributed by atoms with E-state index in [0.717, 1.165) is 37.1 Å². The van der Waals surface area contributed by atoms with E-state index in [1.807, 2.05) is 6.08 Å². The first-order valence-corrected chi connectivity index (χ1v) is 6.83. The minimum atomic E-state index is 0.0497. The van der Waals surface area contributed by atoms with Crippen LogP contribution in [0.2, 0.25) is 0 Å². The van der Waals surface area contributed by atoms with Crippen LogP contribution in [0.1, 0.15) is 31.0 Å². The second kappa shape index (κ2) is 4.81. The van der Waals surface area contributed by atoms with Crippen LogP contribution in [0, 0.1) is 5.92 Å². The molecule has 1 amide bonds. The molecule has 1 saturated heterocycles. The predicted molar refractivity (Wildman–Crippen MR) is 71.8 cm³/mol. The molecule has 3 heterocycles. The standard InChI is InChI=1S/C14H19N3O2/c1-3-4-10-5-6-17(13(10)18)14-11-8-15-9(2)7-12(11)16-19-14/h3,9-10,15H,1,4-8H2,2H3/t9-,10?/m0/s1. The third-order valence-electron chi connectivity index (χ3n) is 3.99. The summed E-state index contributed by atoms with van der Waals surface area (Å²) in [5.74, 6) is 0.831. The number of hydrogen-bond acceptors (Lipinski definition) is 4. The number of nitrogens with one attached hydrogen (secondary N) is 1. The van der Waals surface area contributed by atoms with Gasteiger partial charge in [0, 0.05) is 31.5 Å². The third kappa shape index (κ3) is 2.08. The van der Waals surface area contributed by atoms with Crippen molar-refractivity contribution in [1.29, 1.82) is 0 Å². The van der Waals surface area contributed by atoms with Crippen LogP contribution in [-0.2, 0) is 17.8 Å². The van der Waals surface area contributed by atoms with Crippen LogP contribution in [0.4, 0.5) is 5.88 Å². The maximum atomic E-state index is 12.3. The number of nitrogens with zero attached hydrogens (tertiary/aromatic N) is 2. The maximum Gasteiger partial charge on any atom is 0.238 e. The summed E-state index contributed by atoms with van der Waals surface area (Å²) >= 11 is 0. The van der Waals surface area contributed by atoms with Crippen molar-refractivity contribution in [2.45, 2.75) is 38.8 Å². The van der Waals surface area contributed by atoms with Crippen molar-refractivity contribution in [3.8, 4) is 0 Å². The SMILES string of the molecule is C=CCC1CCN(c2onc3c2CN[C@@H](C)C3)C1=O. The molecule has 2 aliphatic rings. The van der Waals surface area contributed by atoms with Gasteiger partial charge >= 0.3 is 0 Å². The molecule has 1 N–H and O–H groups in total. The van der Waals surface area contributed by atoms with E-state index in [2.05, 4.69) is 24.0 Å². The van der Waals surface area contributed by atoms with Gasteiger partial charge in [0.25, 0.3) is 0 Å². The fourth-order valence-corrected chi connectivity index (χ4v) is 2.88. The third-order valence-corrected chi connectivity index (χ3v) is 3.99. The van der Waals surface area contributed by atoms with Gasteiger partial charge in [0.05, 0.1) is 11.3 Å². The zero-order chi connectivity index (χ0) is 13.4. The van der Waals surface area contributed by atoms with E-state index in [9.17, 15) is 4.79 Å². The van der Waals surface area contributed by atoms with E-state index in [1.54, 1.807) is 4.90 Å². The Labute approximate surface area is 112 Å². The minimum Gasteiger partial charge on any atom is -0.338 e. The Morgan fingerprint density at radius 3 is 3.26 bits per heavy atom. The van der Waals surface area contributed by atoms with Gasteiger partial charge in [-0.15, -0.1) is 6.58 Å². The molecule has 0 spiro atoms. The Kier molecular flexibility index (Phi) is 3.14. The van der Waals surface area contributed by atoms with Crippen LogP contribution in [0.15, 0.2) is 17.2 Å². The van der Waals surface area contributed by atoms with Gasteiger partial charge in [0.2, 0.25) is 11.8 Å². The van der Waals surface area contributed by atoms with Crippen LogP contribution < -0.4 is 10.2 Å². The van der Waals surface area contributed by atoms with Gasteiger partial charge in [-0.3, -0.25) is 9.69 Å². The van der Waals surface area contributed by atoms with Crippen molar-refractivity contribution in [3.05, 3.63) is 23.9 Å². The Morgan fingerprint density at radius 1 is 1.63 bits per heavy atom. The molecule has 1 aromatic heterocycles. The Bertz CT molecular complexity index is 509. The highest BCUT2D eigenvalue weighted by molar-refractivity contribution is 5.96. The Balaban J connectivity index is 1.84. The van der Waals surface area contributed by atoms with E-state index in [-0.39, 0.29) is 11.8 Å². The zero-order valence-corrected chi connectivity index (χ0v) is 11.2. The molecule has 102 valence electrons. The lowest BCUT2D eigenvalue weighted by molar-refractivity contribution is -0.120. The van der Waals surface area contributed by atoms with Crippen molar-refractivity contribution in [2.75, 3.05) is 11.4 Å². The van der Waals surface area contributed by atoms with E-state index in [0.29, 0.717) is 18.5 Å². The molecule has 2 aliphatic heterocycles. The van der Waals surface area contributed by atoms with Crippen LogP contribution in [-0.4, -0.2) is 23.7 Å². The topological polar surface area (TPSA) is 58.4 Å². The van der Waals surface area contributed by atoms with Gasteiger partial charge in [-0.1, -0.05) is 11.2 Å². The number of amides is 1. The first-order valence-electron chi connectivity index (χ1n) is 6.83. The summed E-state index contributed by atoms with van der Waals surface area (Å²) in [6.45, 7) is 7.28. The second-order valence-corrected chi connectivity index (χ2v) is 5.40. The lowest BCUT2D eigenvalue weighted by Gasteiger charge is -2.20. The van der Waals surface area contributed by atoms with E-state index in [1.165, 1.54) is 0 Å². The zero-order valence-electron chi connectivity index (χ0n) is 11.2. The van der Waals surface area contributed by atoms with Gasteiger partial charge in [0.15, 0.2) is 0 Å². The van der Waals surface area contributed by atoms with Gasteiger partial charge in [-0.05, 0) is 19.8 Å². The number of hydrogen-bond donors (Lipinski definition) is 1. The molecule has 1 fully saturated rings. The molecule has 1 aromatic rings. The average Bonchev–Trinajstić information content (AvgIpc) is 2.94. The fraction of sp³-hybridized carbons (Fsp3) is 0.571. The maximum absolute atomic E-state index is 12.3. The van der Waals surface area contributed by atoms with Crippen molar-refractivity contribution in [2.24, 2.45) is 5.92 Å². The van der Waals surface area contributed by atoms with Crippen molar-refractivity contribution in [3.63, 3.8) is 0 Å². The van der Waals surface area contributed by atoms with E-state index >= 15 is 0 Å². The number of rotatable bonds is 3. The van der Waals surface area contributed by atoms with E-state index < -0.39 is 0 Å². The quantitative estimate of drug-likeness (QED) is 0.840. The van der Waals surface area contributed by atoms with Crippen LogP contribution in [0.3, 0.4) is 0 Å². The van der Waals surface area contributed by atoms with Gasteiger partial charge < -0.3 is 9.84 Å². The normalized spacial score (nSPS) is 26.6. The number of allylic oxidation sites excluding steroid dienone is 1. The molecular weight excluding hydrogens is 242 g/mol. The Morgan fingerprint density at radius 2 is 2.47 bits per heavy atom. The molecule has 5 nitrogen and oxygen atoms in total. The molecule has 0 aliphatic carbocycles. The summed E-state index contributed by atoms with van der Waals surface area (Å²) in [5, 5.41) is 7.51. The highest BCUT2D eigenvalue weighted by Gasteiger charge is 2.36. The molecule has 19 heavy (non-hydrogen) atoms. The molecule has 5 heteroatoms. The molecule has 3 rings (SSSR count). The van der Waals surface area contributed by atoms with Crippen LogP contribution in [0.25, 0.3) is 0 Å². The molecule has 0 bridgehead atoms. The van der Waals surface area contributed by atoms with Crippen molar-refractivity contribution < 1.29 is 9.32 Å². The Hall–Kier alpha value is -1.62. The summed E-state index contributed by atoms with van der Waals surface area (Å²) in [7, 11) is 0. The predicted octanol–water partition coefficient (Wildman–Crippen LogP) is 1.64. The van der Waals surface area contributed by atoms with Gasteiger partial charge in [-0.25, -0.2) is 0 Å². The lowest BCUT2D eigenvalue weighted by atomic mass is 10.0. The highest BCUT2D eigenvalue weighted by atomic mass is 16.5. The number of anilines is 1. The molecule has 2 atom stereocenters. The van der Waals surface area contributed by atoms with Crippen molar-refractivity contribution in [1.82, 2.24) is 10.5 Å². The van der Waals surface area contributed by atoms with Crippen molar-refractivity contribution >= 4 is 11.8 Å². The van der Waals surface area contributed by atoms with Crippen LogP contribution in [0.5, 0.6) is 0 Å². The average molecular weight is 261 g/mol. The summed E-state index contributed by atoms with van der Waals surface area (Å²) < 4.78 is 5.44. The summed E-state index contributed by atoms with van der Waals surface area (Å²) in [5.41, 5.74) is 2.03. The molecule has 1 unspecified atom stereocenters. The summed E-state index contributed by atoms with van der Waals surface area (Å²) in [6, 6.07) is 0.410. The number of carbonyl (C=O) groups is 1. The number of carbonyl (C=O) groups excluding carboxylic acids is 1. The monoisotopic (exact) mass is 261 g/mol. The van der Waals surface area contributed by atoms with E-state index in [4.69, 9.17) is 4.52 Å². The lowest BCUT2D eigenvalue weighted by Crippen LogP contribution is -2.34. The summed E-state index contributed by atoms with van der Waals surface area (Å²) in [6.07, 6.45) is 4.27.